The average Bonchev–Trinajstić information content (AvgIpc) is 2.84. The number of carbonyl (C=O) groups is 4. The van der Waals surface area contributed by atoms with E-state index in [1.165, 1.54) is 54.6 Å². The third kappa shape index (κ3) is 5.39. The standard InChI is InChI=1S/C25H16ClF2N3O5/c26-18-12-14(5-10-21(18)36-13-22(32)29-20-4-2-1-3-19(20)28)11-17-23(33)30-25(35)31(24(17)34)16-8-6-15(27)7-9-16/h1-12H,13H2,(H,29,32)(H,30,33,35)/b17-11+. The van der Waals surface area contributed by atoms with Crippen molar-refractivity contribution < 1.29 is 32.7 Å². The second kappa shape index (κ2) is 10.4. The summed E-state index contributed by atoms with van der Waals surface area (Å²) in [5.74, 6) is -3.46. The van der Waals surface area contributed by atoms with E-state index in [2.05, 4.69) is 10.6 Å². The lowest BCUT2D eigenvalue weighted by Crippen LogP contribution is -2.54. The van der Waals surface area contributed by atoms with Crippen LogP contribution < -0.4 is 20.3 Å². The molecule has 0 atom stereocenters. The molecule has 0 unspecified atom stereocenters. The van der Waals surface area contributed by atoms with Gasteiger partial charge in [-0.1, -0.05) is 29.8 Å². The van der Waals surface area contributed by atoms with Gasteiger partial charge in [-0.15, -0.1) is 0 Å². The number of benzene rings is 3. The molecule has 182 valence electrons. The molecule has 1 saturated heterocycles. The van der Waals surface area contributed by atoms with Gasteiger partial charge < -0.3 is 10.1 Å². The lowest BCUT2D eigenvalue weighted by Gasteiger charge is -2.26. The van der Waals surface area contributed by atoms with Crippen LogP contribution in [0.1, 0.15) is 5.56 Å². The highest BCUT2D eigenvalue weighted by atomic mass is 35.5. The highest BCUT2D eigenvalue weighted by Crippen LogP contribution is 2.28. The zero-order valence-corrected chi connectivity index (χ0v) is 19.0. The molecule has 0 bridgehead atoms. The lowest BCUT2D eigenvalue weighted by molar-refractivity contribution is -0.122. The van der Waals surface area contributed by atoms with Crippen LogP contribution >= 0.6 is 11.6 Å². The van der Waals surface area contributed by atoms with Crippen molar-refractivity contribution >= 4 is 52.8 Å². The quantitative estimate of drug-likeness (QED) is 0.379. The number of amides is 5. The minimum Gasteiger partial charge on any atom is -0.482 e. The summed E-state index contributed by atoms with van der Waals surface area (Å²) >= 11 is 6.22. The van der Waals surface area contributed by atoms with Crippen LogP contribution in [0.4, 0.5) is 25.0 Å². The molecule has 36 heavy (non-hydrogen) atoms. The zero-order chi connectivity index (χ0) is 25.8. The summed E-state index contributed by atoms with van der Waals surface area (Å²) in [6.07, 6.45) is 1.22. The van der Waals surface area contributed by atoms with Gasteiger partial charge in [-0.2, -0.15) is 0 Å². The smallest absolute Gasteiger partial charge is 0.335 e. The third-order valence-corrected chi connectivity index (χ3v) is 5.26. The summed E-state index contributed by atoms with van der Waals surface area (Å²) in [5, 5.41) is 4.50. The molecule has 2 N–H and O–H groups in total. The molecule has 0 aliphatic carbocycles. The lowest BCUT2D eigenvalue weighted by atomic mass is 10.1. The van der Waals surface area contributed by atoms with Crippen molar-refractivity contribution in [2.75, 3.05) is 16.8 Å². The van der Waals surface area contributed by atoms with Crippen LogP contribution in [-0.4, -0.2) is 30.4 Å². The number of anilines is 2. The normalized spacial score (nSPS) is 14.6. The van der Waals surface area contributed by atoms with E-state index in [0.29, 0.717) is 10.5 Å². The Morgan fingerprint density at radius 1 is 1.03 bits per heavy atom. The number of barbiturate groups is 1. The third-order valence-electron chi connectivity index (χ3n) is 4.96. The van der Waals surface area contributed by atoms with E-state index >= 15 is 0 Å². The monoisotopic (exact) mass is 511 g/mol. The molecule has 1 fully saturated rings. The molecule has 3 aromatic rings. The SMILES string of the molecule is O=C(COc1ccc(/C=C2\C(=O)NC(=O)N(c3ccc(F)cc3)C2=O)cc1Cl)Nc1ccccc1F. The van der Waals surface area contributed by atoms with Crippen molar-refractivity contribution in [3.8, 4) is 5.75 Å². The van der Waals surface area contributed by atoms with E-state index in [9.17, 15) is 28.0 Å². The maximum atomic E-state index is 13.7. The van der Waals surface area contributed by atoms with Crippen molar-refractivity contribution in [3.05, 3.63) is 94.5 Å². The number of hydrogen-bond donors (Lipinski definition) is 2. The van der Waals surface area contributed by atoms with Crippen molar-refractivity contribution in [1.82, 2.24) is 5.32 Å². The summed E-state index contributed by atoms with van der Waals surface area (Å²) in [7, 11) is 0. The van der Waals surface area contributed by atoms with Gasteiger partial charge in [0.05, 0.1) is 16.4 Å². The number of hydrogen-bond acceptors (Lipinski definition) is 5. The Kier molecular flexibility index (Phi) is 7.07. The van der Waals surface area contributed by atoms with Crippen LogP contribution in [0.15, 0.2) is 72.3 Å². The number of halogens is 3. The van der Waals surface area contributed by atoms with E-state index in [-0.39, 0.29) is 27.7 Å². The van der Waals surface area contributed by atoms with Gasteiger partial charge in [0.15, 0.2) is 6.61 Å². The number of imide groups is 2. The molecule has 0 aromatic heterocycles. The van der Waals surface area contributed by atoms with Gasteiger partial charge in [0.2, 0.25) is 0 Å². The Labute approximate surface area is 208 Å². The Morgan fingerprint density at radius 2 is 1.75 bits per heavy atom. The number of nitrogens with one attached hydrogen (secondary N) is 2. The van der Waals surface area contributed by atoms with Crippen LogP contribution in [0.3, 0.4) is 0 Å². The van der Waals surface area contributed by atoms with Gasteiger partial charge in [-0.05, 0) is 60.2 Å². The molecule has 3 aromatic carbocycles. The number of nitrogens with zero attached hydrogens (tertiary/aromatic N) is 1. The van der Waals surface area contributed by atoms with Crippen molar-refractivity contribution in [2.45, 2.75) is 0 Å². The number of urea groups is 1. The molecule has 5 amide bonds. The first-order valence-electron chi connectivity index (χ1n) is 10.4. The van der Waals surface area contributed by atoms with Gasteiger partial charge >= 0.3 is 6.03 Å². The number of ether oxygens (including phenoxy) is 1. The van der Waals surface area contributed by atoms with Gasteiger partial charge in [-0.25, -0.2) is 18.5 Å². The maximum Gasteiger partial charge on any atom is 0.335 e. The minimum absolute atomic E-state index is 0.00255. The van der Waals surface area contributed by atoms with Crippen LogP contribution in [0.5, 0.6) is 5.75 Å². The second-order valence-corrected chi connectivity index (χ2v) is 7.85. The van der Waals surface area contributed by atoms with Gasteiger partial charge in [0, 0.05) is 0 Å². The number of para-hydroxylation sites is 1. The molecular formula is C25H16ClF2N3O5. The van der Waals surface area contributed by atoms with Crippen molar-refractivity contribution in [2.24, 2.45) is 0 Å². The molecular weight excluding hydrogens is 496 g/mol. The summed E-state index contributed by atoms with van der Waals surface area (Å²) in [5.41, 5.74) is 0.0542. The maximum absolute atomic E-state index is 13.7. The van der Waals surface area contributed by atoms with Crippen molar-refractivity contribution in [3.63, 3.8) is 0 Å². The van der Waals surface area contributed by atoms with Gasteiger partial charge in [-0.3, -0.25) is 19.7 Å². The largest absolute Gasteiger partial charge is 0.482 e. The Hall–Kier alpha value is -4.57. The Bertz CT molecular complexity index is 1410. The Balaban J connectivity index is 1.48. The fourth-order valence-electron chi connectivity index (χ4n) is 3.26. The highest BCUT2D eigenvalue weighted by Gasteiger charge is 2.36. The first-order valence-corrected chi connectivity index (χ1v) is 10.7. The number of carbonyl (C=O) groups excluding carboxylic acids is 4. The fourth-order valence-corrected chi connectivity index (χ4v) is 3.51. The minimum atomic E-state index is -0.968. The van der Waals surface area contributed by atoms with Gasteiger partial charge in [0.1, 0.15) is 23.0 Å². The molecule has 1 aliphatic rings. The highest BCUT2D eigenvalue weighted by molar-refractivity contribution is 6.39. The fraction of sp³-hybridized carbons (Fsp3) is 0.0400. The summed E-state index contributed by atoms with van der Waals surface area (Å²) in [4.78, 5) is 50.2. The van der Waals surface area contributed by atoms with E-state index in [4.69, 9.17) is 16.3 Å². The predicted octanol–water partition coefficient (Wildman–Crippen LogP) is 4.30. The first kappa shape index (κ1) is 24.6. The first-order chi connectivity index (χ1) is 17.2. The van der Waals surface area contributed by atoms with E-state index in [1.807, 2.05) is 0 Å². The zero-order valence-electron chi connectivity index (χ0n) is 18.3. The van der Waals surface area contributed by atoms with E-state index in [1.54, 1.807) is 6.07 Å². The summed E-state index contributed by atoms with van der Waals surface area (Å²) in [6.45, 7) is -0.454. The molecule has 11 heteroatoms. The average molecular weight is 512 g/mol. The molecule has 1 aliphatic heterocycles. The van der Waals surface area contributed by atoms with Crippen LogP contribution in [0, 0.1) is 11.6 Å². The second-order valence-electron chi connectivity index (χ2n) is 7.44. The molecule has 0 spiro atoms. The summed E-state index contributed by atoms with van der Waals surface area (Å²) in [6, 6.07) is 13.6. The molecule has 8 nitrogen and oxygen atoms in total. The molecule has 1 heterocycles. The topological polar surface area (TPSA) is 105 Å². The van der Waals surface area contributed by atoms with Crippen LogP contribution in [-0.2, 0) is 14.4 Å². The Morgan fingerprint density at radius 3 is 2.44 bits per heavy atom. The summed E-state index contributed by atoms with van der Waals surface area (Å²) < 4.78 is 32.3. The molecule has 0 saturated carbocycles. The molecule has 0 radical (unpaired) electrons. The molecule has 4 rings (SSSR count). The van der Waals surface area contributed by atoms with Crippen LogP contribution in [0.2, 0.25) is 5.02 Å². The predicted molar refractivity (Wildman–Crippen MR) is 127 cm³/mol. The number of rotatable bonds is 6. The van der Waals surface area contributed by atoms with Crippen molar-refractivity contribution in [1.29, 1.82) is 0 Å². The van der Waals surface area contributed by atoms with Crippen LogP contribution in [0.25, 0.3) is 6.08 Å². The van der Waals surface area contributed by atoms with E-state index < -0.39 is 42.0 Å². The van der Waals surface area contributed by atoms with E-state index in [0.717, 1.165) is 12.1 Å². The van der Waals surface area contributed by atoms with Gasteiger partial charge in [0.25, 0.3) is 17.7 Å².